The van der Waals surface area contributed by atoms with E-state index in [0.717, 1.165) is 16.8 Å². The number of hydrogen-bond donors (Lipinski definition) is 2. The molecule has 0 spiro atoms. The van der Waals surface area contributed by atoms with Crippen LogP contribution in [0.25, 0.3) is 10.8 Å². The van der Waals surface area contributed by atoms with Gasteiger partial charge in [0.15, 0.2) is 0 Å². The third-order valence-electron chi connectivity index (χ3n) is 4.29. The molecule has 0 aliphatic carbocycles. The van der Waals surface area contributed by atoms with E-state index in [4.69, 9.17) is 0 Å². The van der Waals surface area contributed by atoms with Crippen LogP contribution in [0.3, 0.4) is 0 Å². The minimum Gasteiger partial charge on any atom is -0.349 e. The fraction of sp³-hybridized carbons (Fsp3) is 0.182. The third-order valence-corrected chi connectivity index (χ3v) is 4.29. The van der Waals surface area contributed by atoms with Gasteiger partial charge in [0.2, 0.25) is 11.8 Å². The highest BCUT2D eigenvalue weighted by atomic mass is 16.2. The Labute approximate surface area is 153 Å². The number of amides is 2. The zero-order valence-electron chi connectivity index (χ0n) is 15.0. The zero-order valence-corrected chi connectivity index (χ0v) is 15.0. The summed E-state index contributed by atoms with van der Waals surface area (Å²) < 4.78 is 0. The molecule has 3 rings (SSSR count). The Balaban J connectivity index is 1.62. The first-order valence-electron chi connectivity index (χ1n) is 8.66. The summed E-state index contributed by atoms with van der Waals surface area (Å²) in [5, 5.41) is 8.12. The van der Waals surface area contributed by atoms with Crippen molar-refractivity contribution >= 4 is 28.3 Å². The van der Waals surface area contributed by atoms with E-state index in [1.54, 1.807) is 12.1 Å². The van der Waals surface area contributed by atoms with Crippen molar-refractivity contribution in [3.05, 3.63) is 77.9 Å². The molecule has 1 atom stereocenters. The summed E-state index contributed by atoms with van der Waals surface area (Å²) in [6.45, 7) is 3.46. The van der Waals surface area contributed by atoms with E-state index in [9.17, 15) is 9.59 Å². The van der Waals surface area contributed by atoms with E-state index >= 15 is 0 Å². The number of carbonyl (C=O) groups excluding carboxylic acids is 2. The molecule has 0 aromatic heterocycles. The second-order valence-electron chi connectivity index (χ2n) is 6.45. The number of anilines is 1. The Morgan fingerprint density at radius 2 is 1.62 bits per heavy atom. The Morgan fingerprint density at radius 1 is 0.923 bits per heavy atom. The van der Waals surface area contributed by atoms with Crippen molar-refractivity contribution in [1.29, 1.82) is 0 Å². The van der Waals surface area contributed by atoms with Crippen molar-refractivity contribution in [2.75, 3.05) is 5.32 Å². The highest BCUT2D eigenvalue weighted by Gasteiger charge is 2.11. The Kier molecular flexibility index (Phi) is 5.32. The topological polar surface area (TPSA) is 58.2 Å². The van der Waals surface area contributed by atoms with Gasteiger partial charge < -0.3 is 10.6 Å². The molecule has 26 heavy (non-hydrogen) atoms. The molecule has 0 saturated carbocycles. The van der Waals surface area contributed by atoms with E-state index in [1.165, 1.54) is 17.7 Å². The molecule has 4 heteroatoms. The molecule has 4 nitrogen and oxygen atoms in total. The van der Waals surface area contributed by atoms with E-state index in [1.807, 2.05) is 31.2 Å². The van der Waals surface area contributed by atoms with Crippen LogP contribution in [0, 0.1) is 0 Å². The zero-order chi connectivity index (χ0) is 18.5. The van der Waals surface area contributed by atoms with Gasteiger partial charge in [-0.1, -0.05) is 48.5 Å². The molecular formula is C22H22N2O2. The summed E-state index contributed by atoms with van der Waals surface area (Å²) >= 11 is 0. The SMILES string of the molecule is CC(=O)Nc1ccc(CC(=O)NC(C)c2ccc3ccccc3c2)cc1. The van der Waals surface area contributed by atoms with Crippen molar-refractivity contribution in [3.8, 4) is 0 Å². The van der Waals surface area contributed by atoms with Crippen molar-refractivity contribution in [2.45, 2.75) is 26.3 Å². The molecule has 0 aliphatic rings. The van der Waals surface area contributed by atoms with Crippen molar-refractivity contribution in [3.63, 3.8) is 0 Å². The molecule has 0 radical (unpaired) electrons. The lowest BCUT2D eigenvalue weighted by atomic mass is 10.0. The van der Waals surface area contributed by atoms with Gasteiger partial charge in [-0.05, 0) is 47.0 Å². The van der Waals surface area contributed by atoms with Crippen LogP contribution in [0.15, 0.2) is 66.7 Å². The summed E-state index contributed by atoms with van der Waals surface area (Å²) in [4.78, 5) is 23.4. The summed E-state index contributed by atoms with van der Waals surface area (Å²) in [6.07, 6.45) is 0.304. The molecule has 3 aromatic carbocycles. The molecule has 0 bridgehead atoms. The third kappa shape index (κ3) is 4.48. The van der Waals surface area contributed by atoms with Crippen molar-refractivity contribution in [2.24, 2.45) is 0 Å². The van der Waals surface area contributed by atoms with Gasteiger partial charge in [0.25, 0.3) is 0 Å². The lowest BCUT2D eigenvalue weighted by Gasteiger charge is -2.15. The molecular weight excluding hydrogens is 324 g/mol. The highest BCUT2D eigenvalue weighted by molar-refractivity contribution is 5.88. The number of fused-ring (bicyclic) bond motifs is 1. The average Bonchev–Trinajstić information content (AvgIpc) is 2.62. The number of carbonyl (C=O) groups is 2. The van der Waals surface area contributed by atoms with Crippen molar-refractivity contribution < 1.29 is 9.59 Å². The summed E-state index contributed by atoms with van der Waals surface area (Å²) in [6, 6.07) is 21.7. The normalized spacial score (nSPS) is 11.8. The predicted octanol–water partition coefficient (Wildman–Crippen LogP) is 4.22. The van der Waals surface area contributed by atoms with E-state index < -0.39 is 0 Å². The lowest BCUT2D eigenvalue weighted by Crippen LogP contribution is -2.28. The smallest absolute Gasteiger partial charge is 0.224 e. The fourth-order valence-corrected chi connectivity index (χ4v) is 2.95. The van der Waals surface area contributed by atoms with Gasteiger partial charge in [0.05, 0.1) is 12.5 Å². The Bertz CT molecular complexity index is 932. The van der Waals surface area contributed by atoms with Crippen molar-refractivity contribution in [1.82, 2.24) is 5.32 Å². The molecule has 2 amide bonds. The number of rotatable bonds is 5. The monoisotopic (exact) mass is 346 g/mol. The maximum absolute atomic E-state index is 12.3. The average molecular weight is 346 g/mol. The number of nitrogens with one attached hydrogen (secondary N) is 2. The first-order valence-corrected chi connectivity index (χ1v) is 8.66. The van der Waals surface area contributed by atoms with Crippen LogP contribution in [-0.4, -0.2) is 11.8 Å². The van der Waals surface area contributed by atoms with Gasteiger partial charge in [0, 0.05) is 12.6 Å². The summed E-state index contributed by atoms with van der Waals surface area (Å²) in [7, 11) is 0. The van der Waals surface area contributed by atoms with Gasteiger partial charge in [0.1, 0.15) is 0 Å². The molecule has 0 fully saturated rings. The Morgan fingerprint density at radius 3 is 2.31 bits per heavy atom. The van der Waals surface area contributed by atoms with Crippen LogP contribution in [-0.2, 0) is 16.0 Å². The molecule has 0 heterocycles. The highest BCUT2D eigenvalue weighted by Crippen LogP contribution is 2.20. The maximum Gasteiger partial charge on any atom is 0.224 e. The molecule has 1 unspecified atom stereocenters. The molecule has 0 saturated heterocycles. The van der Waals surface area contributed by atoms with Crippen LogP contribution in [0.4, 0.5) is 5.69 Å². The van der Waals surface area contributed by atoms with Crippen LogP contribution >= 0.6 is 0 Å². The minimum absolute atomic E-state index is 0.0297. The predicted molar refractivity (Wildman–Crippen MR) is 105 cm³/mol. The first kappa shape index (κ1) is 17.7. The second kappa shape index (κ2) is 7.83. The number of hydrogen-bond acceptors (Lipinski definition) is 2. The van der Waals surface area contributed by atoms with Crippen LogP contribution in [0.5, 0.6) is 0 Å². The second-order valence-corrected chi connectivity index (χ2v) is 6.45. The fourth-order valence-electron chi connectivity index (χ4n) is 2.95. The first-order chi connectivity index (χ1) is 12.5. The van der Waals surface area contributed by atoms with Crippen LogP contribution < -0.4 is 10.6 Å². The van der Waals surface area contributed by atoms with Gasteiger partial charge in [-0.2, -0.15) is 0 Å². The van der Waals surface area contributed by atoms with E-state index in [2.05, 4.69) is 41.0 Å². The van der Waals surface area contributed by atoms with E-state index in [0.29, 0.717) is 6.42 Å². The Hall–Kier alpha value is -3.14. The van der Waals surface area contributed by atoms with E-state index in [-0.39, 0.29) is 17.9 Å². The van der Waals surface area contributed by atoms with Gasteiger partial charge in [-0.3, -0.25) is 9.59 Å². The van der Waals surface area contributed by atoms with Crippen LogP contribution in [0.2, 0.25) is 0 Å². The molecule has 132 valence electrons. The summed E-state index contributed by atoms with van der Waals surface area (Å²) in [5.41, 5.74) is 2.71. The maximum atomic E-state index is 12.3. The molecule has 2 N–H and O–H groups in total. The lowest BCUT2D eigenvalue weighted by molar-refractivity contribution is -0.121. The quantitative estimate of drug-likeness (QED) is 0.727. The van der Waals surface area contributed by atoms with Gasteiger partial charge in [-0.25, -0.2) is 0 Å². The number of benzene rings is 3. The van der Waals surface area contributed by atoms with Gasteiger partial charge >= 0.3 is 0 Å². The minimum atomic E-state index is -0.111. The van der Waals surface area contributed by atoms with Crippen LogP contribution in [0.1, 0.15) is 31.0 Å². The van der Waals surface area contributed by atoms with Gasteiger partial charge in [-0.15, -0.1) is 0 Å². The largest absolute Gasteiger partial charge is 0.349 e. The summed E-state index contributed by atoms with van der Waals surface area (Å²) in [5.74, 6) is -0.141. The molecule has 0 aliphatic heterocycles. The molecule has 3 aromatic rings. The standard InChI is InChI=1S/C22H22N2O2/c1-15(19-10-9-18-5-3-4-6-20(18)14-19)23-22(26)13-17-7-11-21(12-8-17)24-16(2)25/h3-12,14-15H,13H2,1-2H3,(H,23,26)(H,24,25).